The first-order chi connectivity index (χ1) is 12.5. The summed E-state index contributed by atoms with van der Waals surface area (Å²) in [4.78, 5) is 20.5. The summed E-state index contributed by atoms with van der Waals surface area (Å²) in [5.74, 6) is 0.743. The number of nitrogens with one attached hydrogen (secondary N) is 2. The number of carbonyl (C=O) groups is 1. The minimum atomic E-state index is 0. The molecule has 2 fully saturated rings. The van der Waals surface area contributed by atoms with Crippen LogP contribution in [0.3, 0.4) is 0 Å². The number of amides is 1. The van der Waals surface area contributed by atoms with Crippen LogP contribution in [0.4, 0.5) is 0 Å². The molecule has 2 N–H and O–H groups in total. The molecule has 0 aliphatic carbocycles. The van der Waals surface area contributed by atoms with Gasteiger partial charge in [0, 0.05) is 52.4 Å². The fourth-order valence-electron chi connectivity index (χ4n) is 3.37. The zero-order chi connectivity index (χ0) is 18.9. The first kappa shape index (κ1) is 24.4. The van der Waals surface area contributed by atoms with Crippen LogP contribution < -0.4 is 10.6 Å². The Labute approximate surface area is 181 Å². The van der Waals surface area contributed by atoms with E-state index in [-0.39, 0.29) is 42.5 Å². The van der Waals surface area contributed by atoms with Gasteiger partial charge in [-0.05, 0) is 46.0 Å². The SMILES string of the molecule is CC(C)N1CCC(NC(=NCC(=O)N(C)C)NCC2CCCCO2)CC1.I. The Balaban J connectivity index is 0.00000364. The molecule has 0 saturated carbocycles. The molecule has 2 rings (SSSR count). The highest BCUT2D eigenvalue weighted by atomic mass is 127. The molecular formula is C19H38IN5O2. The van der Waals surface area contributed by atoms with Crippen LogP contribution in [0, 0.1) is 0 Å². The van der Waals surface area contributed by atoms with Gasteiger partial charge in [0.05, 0.1) is 6.10 Å². The van der Waals surface area contributed by atoms with E-state index in [0.717, 1.165) is 57.9 Å². The van der Waals surface area contributed by atoms with Gasteiger partial charge in [-0.2, -0.15) is 0 Å². The molecule has 0 aromatic rings. The molecule has 0 radical (unpaired) electrons. The number of guanidine groups is 1. The number of hydrogen-bond donors (Lipinski definition) is 2. The molecule has 27 heavy (non-hydrogen) atoms. The van der Waals surface area contributed by atoms with E-state index in [1.54, 1.807) is 19.0 Å². The highest BCUT2D eigenvalue weighted by Crippen LogP contribution is 2.13. The lowest BCUT2D eigenvalue weighted by Crippen LogP contribution is -2.51. The molecule has 2 saturated heterocycles. The van der Waals surface area contributed by atoms with Crippen molar-refractivity contribution >= 4 is 35.8 Å². The van der Waals surface area contributed by atoms with Crippen LogP contribution in [-0.4, -0.2) is 86.7 Å². The van der Waals surface area contributed by atoms with E-state index in [9.17, 15) is 4.79 Å². The third-order valence-corrected chi connectivity index (χ3v) is 5.24. The van der Waals surface area contributed by atoms with Crippen molar-refractivity contribution in [2.24, 2.45) is 4.99 Å². The second-order valence-corrected chi connectivity index (χ2v) is 7.87. The second kappa shape index (κ2) is 12.8. The number of carbonyl (C=O) groups excluding carboxylic acids is 1. The number of rotatable bonds is 6. The maximum Gasteiger partial charge on any atom is 0.243 e. The molecule has 0 bridgehead atoms. The number of halogens is 1. The minimum Gasteiger partial charge on any atom is -0.376 e. The summed E-state index contributed by atoms with van der Waals surface area (Å²) in [5, 5.41) is 6.93. The van der Waals surface area contributed by atoms with Crippen molar-refractivity contribution in [2.75, 3.05) is 46.9 Å². The van der Waals surface area contributed by atoms with Gasteiger partial charge < -0.3 is 25.2 Å². The Hall–Kier alpha value is -0.610. The minimum absolute atomic E-state index is 0. The second-order valence-electron chi connectivity index (χ2n) is 7.87. The van der Waals surface area contributed by atoms with Crippen LogP contribution in [0.5, 0.6) is 0 Å². The van der Waals surface area contributed by atoms with Crippen LogP contribution in [-0.2, 0) is 9.53 Å². The van der Waals surface area contributed by atoms with E-state index in [1.807, 2.05) is 0 Å². The smallest absolute Gasteiger partial charge is 0.243 e. The monoisotopic (exact) mass is 495 g/mol. The molecule has 2 heterocycles. The summed E-state index contributed by atoms with van der Waals surface area (Å²) in [6.07, 6.45) is 5.90. The van der Waals surface area contributed by atoms with Crippen molar-refractivity contribution in [2.45, 2.75) is 64.1 Å². The summed E-state index contributed by atoms with van der Waals surface area (Å²) >= 11 is 0. The van der Waals surface area contributed by atoms with E-state index >= 15 is 0 Å². The summed E-state index contributed by atoms with van der Waals surface area (Å²) in [5.41, 5.74) is 0. The molecule has 0 aromatic heterocycles. The molecule has 7 nitrogen and oxygen atoms in total. The van der Waals surface area contributed by atoms with E-state index in [0.29, 0.717) is 12.1 Å². The first-order valence-electron chi connectivity index (χ1n) is 10.1. The van der Waals surface area contributed by atoms with Gasteiger partial charge in [-0.1, -0.05) is 0 Å². The van der Waals surface area contributed by atoms with Crippen LogP contribution in [0.2, 0.25) is 0 Å². The maximum atomic E-state index is 11.9. The number of hydrogen-bond acceptors (Lipinski definition) is 4. The van der Waals surface area contributed by atoms with Crippen molar-refractivity contribution in [1.82, 2.24) is 20.4 Å². The van der Waals surface area contributed by atoms with E-state index in [1.165, 1.54) is 6.42 Å². The number of likely N-dealkylation sites (N-methyl/N-ethyl adjacent to an activating group) is 1. The third-order valence-electron chi connectivity index (χ3n) is 5.24. The number of nitrogens with zero attached hydrogens (tertiary/aromatic N) is 3. The van der Waals surface area contributed by atoms with Crippen molar-refractivity contribution in [3.8, 4) is 0 Å². The quantitative estimate of drug-likeness (QED) is 0.334. The van der Waals surface area contributed by atoms with E-state index in [2.05, 4.69) is 34.4 Å². The van der Waals surface area contributed by atoms with E-state index < -0.39 is 0 Å². The summed E-state index contributed by atoms with van der Waals surface area (Å²) in [7, 11) is 3.52. The van der Waals surface area contributed by atoms with E-state index in [4.69, 9.17) is 4.74 Å². The van der Waals surface area contributed by atoms with Gasteiger partial charge in [0.1, 0.15) is 6.54 Å². The molecule has 2 aliphatic heterocycles. The Morgan fingerprint density at radius 1 is 1.22 bits per heavy atom. The zero-order valence-corrected chi connectivity index (χ0v) is 19.7. The Kier molecular flexibility index (Phi) is 11.6. The molecule has 158 valence electrons. The lowest BCUT2D eigenvalue weighted by molar-refractivity contribution is -0.127. The Bertz CT molecular complexity index is 459. The van der Waals surface area contributed by atoms with Crippen molar-refractivity contribution in [1.29, 1.82) is 0 Å². The van der Waals surface area contributed by atoms with Gasteiger partial charge in [0.15, 0.2) is 5.96 Å². The number of likely N-dealkylation sites (tertiary alicyclic amines) is 1. The Morgan fingerprint density at radius 2 is 1.93 bits per heavy atom. The predicted octanol–water partition coefficient (Wildman–Crippen LogP) is 1.67. The van der Waals surface area contributed by atoms with Crippen LogP contribution in [0.1, 0.15) is 46.0 Å². The Morgan fingerprint density at radius 3 is 2.48 bits per heavy atom. The molecule has 1 atom stereocenters. The number of piperidine rings is 1. The number of aliphatic imine (C=N–C) groups is 1. The lowest BCUT2D eigenvalue weighted by Gasteiger charge is -2.35. The normalized spacial score (nSPS) is 22.3. The van der Waals surface area contributed by atoms with Gasteiger partial charge >= 0.3 is 0 Å². The summed E-state index contributed by atoms with van der Waals surface area (Å²) in [6.45, 7) is 8.46. The van der Waals surface area contributed by atoms with Crippen LogP contribution in [0.25, 0.3) is 0 Å². The predicted molar refractivity (Wildman–Crippen MR) is 121 cm³/mol. The molecule has 0 aromatic carbocycles. The van der Waals surface area contributed by atoms with Crippen molar-refractivity contribution < 1.29 is 9.53 Å². The highest BCUT2D eigenvalue weighted by molar-refractivity contribution is 14.0. The molecule has 0 spiro atoms. The lowest BCUT2D eigenvalue weighted by atomic mass is 10.0. The average molecular weight is 495 g/mol. The summed E-state index contributed by atoms with van der Waals surface area (Å²) in [6, 6.07) is 1.00. The van der Waals surface area contributed by atoms with Gasteiger partial charge in [0.25, 0.3) is 0 Å². The topological polar surface area (TPSA) is 69.2 Å². The molecule has 1 unspecified atom stereocenters. The van der Waals surface area contributed by atoms with Crippen LogP contribution >= 0.6 is 24.0 Å². The molecule has 8 heteroatoms. The first-order valence-corrected chi connectivity index (χ1v) is 10.1. The largest absolute Gasteiger partial charge is 0.376 e. The highest BCUT2D eigenvalue weighted by Gasteiger charge is 2.22. The molecule has 2 aliphatic rings. The number of ether oxygens (including phenoxy) is 1. The maximum absolute atomic E-state index is 11.9. The van der Waals surface area contributed by atoms with Crippen LogP contribution in [0.15, 0.2) is 4.99 Å². The van der Waals surface area contributed by atoms with Gasteiger partial charge in [-0.25, -0.2) is 4.99 Å². The average Bonchev–Trinajstić information content (AvgIpc) is 2.64. The van der Waals surface area contributed by atoms with Gasteiger partial charge in [0.2, 0.25) is 5.91 Å². The van der Waals surface area contributed by atoms with Gasteiger partial charge in [-0.15, -0.1) is 24.0 Å². The summed E-state index contributed by atoms with van der Waals surface area (Å²) < 4.78 is 5.80. The van der Waals surface area contributed by atoms with Gasteiger partial charge in [-0.3, -0.25) is 4.79 Å². The molecular weight excluding hydrogens is 457 g/mol. The standard InChI is InChI=1S/C19H37N5O2.HI/c1-15(2)24-10-8-16(9-11-24)22-19(21-14-18(25)23(3)4)20-13-17-7-5-6-12-26-17;/h15-17H,5-14H2,1-4H3,(H2,20,21,22);1H. The fourth-order valence-corrected chi connectivity index (χ4v) is 3.37. The third kappa shape index (κ3) is 8.95. The van der Waals surface area contributed by atoms with Crippen molar-refractivity contribution in [3.05, 3.63) is 0 Å². The zero-order valence-electron chi connectivity index (χ0n) is 17.4. The van der Waals surface area contributed by atoms with Crippen molar-refractivity contribution in [3.63, 3.8) is 0 Å². The fraction of sp³-hybridized carbons (Fsp3) is 0.895. The molecule has 1 amide bonds.